The third-order valence-electron chi connectivity index (χ3n) is 3.95. The van der Waals surface area contributed by atoms with Gasteiger partial charge in [0.2, 0.25) is 0 Å². The van der Waals surface area contributed by atoms with Crippen molar-refractivity contribution in [2.75, 3.05) is 39.4 Å². The number of ether oxygens (including phenoxy) is 2. The molecule has 3 atom stereocenters. The van der Waals surface area contributed by atoms with Crippen molar-refractivity contribution in [3.8, 4) is 0 Å². The Morgan fingerprint density at radius 1 is 1.28 bits per heavy atom. The highest BCUT2D eigenvalue weighted by atomic mass is 16.5. The van der Waals surface area contributed by atoms with Crippen LogP contribution in [0.4, 0.5) is 0 Å². The van der Waals surface area contributed by atoms with E-state index in [1.54, 1.807) is 0 Å². The lowest BCUT2D eigenvalue weighted by molar-refractivity contribution is 0.0662. The quantitative estimate of drug-likeness (QED) is 0.803. The van der Waals surface area contributed by atoms with E-state index in [1.165, 1.54) is 19.4 Å². The third kappa shape index (κ3) is 4.50. The van der Waals surface area contributed by atoms with Gasteiger partial charge in [0.15, 0.2) is 0 Å². The summed E-state index contributed by atoms with van der Waals surface area (Å²) in [6.45, 7) is 10.7. The van der Waals surface area contributed by atoms with E-state index in [9.17, 15) is 0 Å². The highest BCUT2D eigenvalue weighted by Crippen LogP contribution is 2.15. The number of hydrogen-bond donors (Lipinski definition) is 1. The van der Waals surface area contributed by atoms with E-state index in [4.69, 9.17) is 9.47 Å². The van der Waals surface area contributed by atoms with E-state index in [-0.39, 0.29) is 0 Å². The van der Waals surface area contributed by atoms with Gasteiger partial charge in [-0.1, -0.05) is 0 Å². The van der Waals surface area contributed by atoms with Gasteiger partial charge in [0.1, 0.15) is 0 Å². The average Bonchev–Trinajstić information content (AvgIpc) is 2.80. The maximum atomic E-state index is 5.70. The van der Waals surface area contributed by atoms with Gasteiger partial charge in [-0.15, -0.1) is 0 Å². The van der Waals surface area contributed by atoms with Crippen molar-refractivity contribution in [1.82, 2.24) is 10.2 Å². The second kappa shape index (κ2) is 7.43. The molecular weight excluding hydrogens is 228 g/mol. The van der Waals surface area contributed by atoms with Crippen LogP contribution < -0.4 is 5.32 Å². The summed E-state index contributed by atoms with van der Waals surface area (Å²) in [6.07, 6.45) is 4.39. The van der Waals surface area contributed by atoms with Crippen molar-refractivity contribution in [2.24, 2.45) is 0 Å². The average molecular weight is 256 g/mol. The van der Waals surface area contributed by atoms with Gasteiger partial charge in [0.05, 0.1) is 12.2 Å². The highest BCUT2D eigenvalue weighted by Gasteiger charge is 2.22. The third-order valence-corrected chi connectivity index (χ3v) is 3.95. The normalized spacial score (nSPS) is 32.3. The first-order valence-electron chi connectivity index (χ1n) is 7.44. The highest BCUT2D eigenvalue weighted by molar-refractivity contribution is 4.77. The Morgan fingerprint density at radius 2 is 2.11 bits per heavy atom. The summed E-state index contributed by atoms with van der Waals surface area (Å²) in [7, 11) is 0. The molecule has 0 aromatic carbocycles. The van der Waals surface area contributed by atoms with Gasteiger partial charge in [0, 0.05) is 45.4 Å². The molecule has 0 spiro atoms. The van der Waals surface area contributed by atoms with Crippen LogP contribution in [-0.2, 0) is 9.47 Å². The van der Waals surface area contributed by atoms with Crippen LogP contribution in [0.2, 0.25) is 0 Å². The van der Waals surface area contributed by atoms with Crippen molar-refractivity contribution in [2.45, 2.75) is 51.4 Å². The van der Waals surface area contributed by atoms with Crippen LogP contribution in [0.25, 0.3) is 0 Å². The Morgan fingerprint density at radius 3 is 2.89 bits per heavy atom. The Balaban J connectivity index is 1.61. The molecule has 0 aliphatic carbocycles. The van der Waals surface area contributed by atoms with E-state index < -0.39 is 0 Å². The lowest BCUT2D eigenvalue weighted by Gasteiger charge is -2.24. The van der Waals surface area contributed by atoms with E-state index in [2.05, 4.69) is 24.1 Å². The van der Waals surface area contributed by atoms with Crippen molar-refractivity contribution >= 4 is 0 Å². The van der Waals surface area contributed by atoms with E-state index in [0.29, 0.717) is 18.2 Å². The molecule has 2 aliphatic heterocycles. The molecule has 18 heavy (non-hydrogen) atoms. The zero-order valence-electron chi connectivity index (χ0n) is 11.9. The van der Waals surface area contributed by atoms with E-state index in [1.807, 2.05) is 0 Å². The second-order valence-electron chi connectivity index (χ2n) is 5.63. The Kier molecular flexibility index (Phi) is 5.89. The van der Waals surface area contributed by atoms with Crippen LogP contribution in [0.3, 0.4) is 0 Å². The van der Waals surface area contributed by atoms with Crippen molar-refractivity contribution in [1.29, 1.82) is 0 Å². The predicted octanol–water partition coefficient (Wildman–Crippen LogP) is 1.25. The molecule has 4 heteroatoms. The van der Waals surface area contributed by atoms with Gasteiger partial charge in [-0.05, 0) is 33.1 Å². The van der Waals surface area contributed by atoms with Gasteiger partial charge in [-0.2, -0.15) is 0 Å². The van der Waals surface area contributed by atoms with Gasteiger partial charge < -0.3 is 14.8 Å². The number of nitrogens with zero attached hydrogens (tertiary/aromatic N) is 1. The molecule has 4 nitrogen and oxygen atoms in total. The summed E-state index contributed by atoms with van der Waals surface area (Å²) in [5, 5.41) is 3.60. The van der Waals surface area contributed by atoms with E-state index >= 15 is 0 Å². The monoisotopic (exact) mass is 256 g/mol. The van der Waals surface area contributed by atoms with Crippen LogP contribution in [0.5, 0.6) is 0 Å². The molecule has 2 fully saturated rings. The summed E-state index contributed by atoms with van der Waals surface area (Å²) in [5.74, 6) is 0. The maximum absolute atomic E-state index is 5.70. The maximum Gasteiger partial charge on any atom is 0.0726 e. The van der Waals surface area contributed by atoms with Gasteiger partial charge in [0.25, 0.3) is 0 Å². The molecule has 2 saturated heterocycles. The lowest BCUT2D eigenvalue weighted by atomic mass is 10.1. The van der Waals surface area contributed by atoms with Crippen LogP contribution in [0, 0.1) is 0 Å². The summed E-state index contributed by atoms with van der Waals surface area (Å²) in [6, 6.07) is 0.480. The molecule has 106 valence electrons. The minimum Gasteiger partial charge on any atom is -0.377 e. The summed E-state index contributed by atoms with van der Waals surface area (Å²) in [5.41, 5.74) is 0. The zero-order valence-corrected chi connectivity index (χ0v) is 11.9. The molecule has 2 heterocycles. The molecule has 0 saturated carbocycles. The van der Waals surface area contributed by atoms with Crippen LogP contribution >= 0.6 is 0 Å². The summed E-state index contributed by atoms with van der Waals surface area (Å²) in [4.78, 5) is 2.51. The molecule has 1 N–H and O–H groups in total. The molecule has 0 aromatic rings. The van der Waals surface area contributed by atoms with Gasteiger partial charge >= 0.3 is 0 Å². The van der Waals surface area contributed by atoms with E-state index in [0.717, 1.165) is 39.3 Å². The largest absolute Gasteiger partial charge is 0.377 e. The zero-order chi connectivity index (χ0) is 12.8. The van der Waals surface area contributed by atoms with Gasteiger partial charge in [-0.25, -0.2) is 0 Å². The van der Waals surface area contributed by atoms with Crippen molar-refractivity contribution in [3.63, 3.8) is 0 Å². The Labute approximate surface area is 111 Å². The Bertz CT molecular complexity index is 232. The molecule has 0 radical (unpaired) electrons. The fourth-order valence-electron chi connectivity index (χ4n) is 2.86. The number of rotatable bonds is 5. The van der Waals surface area contributed by atoms with Crippen molar-refractivity contribution in [3.05, 3.63) is 0 Å². The first-order chi connectivity index (χ1) is 8.75. The Hall–Kier alpha value is -0.160. The molecule has 3 unspecified atom stereocenters. The molecule has 0 amide bonds. The topological polar surface area (TPSA) is 33.7 Å². The molecule has 0 bridgehead atoms. The fraction of sp³-hybridized carbons (Fsp3) is 1.00. The van der Waals surface area contributed by atoms with Crippen LogP contribution in [-0.4, -0.2) is 62.5 Å². The number of nitrogens with one attached hydrogen (secondary N) is 1. The summed E-state index contributed by atoms with van der Waals surface area (Å²) >= 11 is 0. The van der Waals surface area contributed by atoms with Crippen LogP contribution in [0.1, 0.15) is 33.1 Å². The SMILES string of the molecule is CC1CN(CCNC(C)C2CCCO2)CCCO1. The minimum absolute atomic E-state index is 0.378. The van der Waals surface area contributed by atoms with Gasteiger partial charge in [-0.3, -0.25) is 4.90 Å². The standard InChI is InChI=1S/C14H28N2O2/c1-12-11-16(7-4-10-17-12)8-6-15-13(2)14-5-3-9-18-14/h12-15H,3-11H2,1-2H3. The summed E-state index contributed by atoms with van der Waals surface area (Å²) < 4.78 is 11.4. The second-order valence-corrected chi connectivity index (χ2v) is 5.63. The number of hydrogen-bond acceptors (Lipinski definition) is 4. The van der Waals surface area contributed by atoms with Crippen LogP contribution in [0.15, 0.2) is 0 Å². The molecule has 2 aliphatic rings. The minimum atomic E-state index is 0.378. The predicted molar refractivity (Wildman–Crippen MR) is 72.9 cm³/mol. The lowest BCUT2D eigenvalue weighted by Crippen LogP contribution is -2.42. The first kappa shape index (κ1) is 14.3. The molecule has 0 aromatic heterocycles. The first-order valence-corrected chi connectivity index (χ1v) is 7.44. The fourth-order valence-corrected chi connectivity index (χ4v) is 2.86. The molecule has 2 rings (SSSR count). The smallest absolute Gasteiger partial charge is 0.0726 e. The molecular formula is C14H28N2O2. The van der Waals surface area contributed by atoms with Crippen molar-refractivity contribution < 1.29 is 9.47 Å².